The molecule has 1 aromatic heterocycles. The molecule has 2 N–H and O–H groups in total. The van der Waals surface area contributed by atoms with Crippen LogP contribution in [0.2, 0.25) is 0 Å². The molecular formula is C10H9NO4. The summed E-state index contributed by atoms with van der Waals surface area (Å²) in [7, 11) is 0. The lowest BCUT2D eigenvalue weighted by Gasteiger charge is -2.04. The standard InChI is InChI=1S/C10H9NO4/c12-9(13)6-4-5-2-1-3-7(5)11-8(6)10(14)15/h4H,1-3H2,(H,12,13)(H,14,15). The lowest BCUT2D eigenvalue weighted by molar-refractivity contribution is 0.0646. The number of aromatic nitrogens is 1. The SMILES string of the molecule is O=C(O)c1cc2c(nc1C(=O)O)CCC2. The lowest BCUT2D eigenvalue weighted by Crippen LogP contribution is -2.12. The number of carbonyl (C=O) groups is 2. The zero-order valence-electron chi connectivity index (χ0n) is 7.86. The van der Waals surface area contributed by atoms with Gasteiger partial charge in [0.05, 0.1) is 5.56 Å². The van der Waals surface area contributed by atoms with Crippen LogP contribution in [-0.4, -0.2) is 27.1 Å². The Labute approximate surface area is 85.4 Å². The van der Waals surface area contributed by atoms with E-state index in [9.17, 15) is 9.59 Å². The number of hydrogen-bond acceptors (Lipinski definition) is 3. The highest BCUT2D eigenvalue weighted by Crippen LogP contribution is 2.22. The molecule has 0 amide bonds. The third-order valence-corrected chi connectivity index (χ3v) is 2.48. The molecule has 0 saturated heterocycles. The predicted octanol–water partition coefficient (Wildman–Crippen LogP) is 0.967. The summed E-state index contributed by atoms with van der Waals surface area (Å²) in [5.41, 5.74) is 1.00. The minimum Gasteiger partial charge on any atom is -0.478 e. The van der Waals surface area contributed by atoms with Crippen LogP contribution in [0.25, 0.3) is 0 Å². The molecule has 5 nitrogen and oxygen atoms in total. The van der Waals surface area contributed by atoms with Crippen molar-refractivity contribution in [3.05, 3.63) is 28.6 Å². The van der Waals surface area contributed by atoms with Gasteiger partial charge in [-0.05, 0) is 30.9 Å². The topological polar surface area (TPSA) is 87.5 Å². The van der Waals surface area contributed by atoms with Gasteiger partial charge in [-0.3, -0.25) is 0 Å². The number of aromatic carboxylic acids is 2. The number of carboxylic acids is 2. The Balaban J connectivity index is 2.62. The Morgan fingerprint density at radius 1 is 1.20 bits per heavy atom. The Morgan fingerprint density at radius 2 is 1.93 bits per heavy atom. The first-order chi connectivity index (χ1) is 7.09. The molecule has 0 radical (unpaired) electrons. The second-order valence-corrected chi connectivity index (χ2v) is 3.45. The van der Waals surface area contributed by atoms with Crippen molar-refractivity contribution in [2.45, 2.75) is 19.3 Å². The highest BCUT2D eigenvalue weighted by atomic mass is 16.4. The van der Waals surface area contributed by atoms with Gasteiger partial charge >= 0.3 is 11.9 Å². The lowest BCUT2D eigenvalue weighted by atomic mass is 10.1. The monoisotopic (exact) mass is 207 g/mol. The van der Waals surface area contributed by atoms with E-state index in [2.05, 4.69) is 4.98 Å². The number of aryl methyl sites for hydroxylation is 2. The highest BCUT2D eigenvalue weighted by molar-refractivity contribution is 6.00. The second kappa shape index (κ2) is 3.34. The van der Waals surface area contributed by atoms with Gasteiger partial charge in [0.1, 0.15) is 0 Å². The Morgan fingerprint density at radius 3 is 2.53 bits per heavy atom. The van der Waals surface area contributed by atoms with Crippen LogP contribution in [0.15, 0.2) is 6.07 Å². The molecule has 0 aromatic carbocycles. The van der Waals surface area contributed by atoms with Gasteiger partial charge in [-0.15, -0.1) is 0 Å². The van der Waals surface area contributed by atoms with E-state index < -0.39 is 11.9 Å². The maximum atomic E-state index is 10.8. The molecule has 2 rings (SSSR count). The van der Waals surface area contributed by atoms with Crippen molar-refractivity contribution in [3.8, 4) is 0 Å². The van der Waals surface area contributed by atoms with Crippen molar-refractivity contribution in [2.75, 3.05) is 0 Å². The normalized spacial score (nSPS) is 13.6. The van der Waals surface area contributed by atoms with Gasteiger partial charge in [-0.1, -0.05) is 0 Å². The fourth-order valence-corrected chi connectivity index (χ4v) is 1.80. The van der Waals surface area contributed by atoms with Gasteiger partial charge in [0.15, 0.2) is 5.69 Å². The van der Waals surface area contributed by atoms with E-state index in [1.54, 1.807) is 0 Å². The van der Waals surface area contributed by atoms with E-state index in [-0.39, 0.29) is 11.3 Å². The zero-order chi connectivity index (χ0) is 11.0. The predicted molar refractivity (Wildman–Crippen MR) is 50.2 cm³/mol. The van der Waals surface area contributed by atoms with Crippen LogP contribution in [0.4, 0.5) is 0 Å². The first-order valence-electron chi connectivity index (χ1n) is 4.59. The van der Waals surface area contributed by atoms with Crippen molar-refractivity contribution in [1.29, 1.82) is 0 Å². The summed E-state index contributed by atoms with van der Waals surface area (Å²) in [5.74, 6) is -2.53. The minimum atomic E-state index is -1.29. The van der Waals surface area contributed by atoms with Gasteiger partial charge in [-0.25, -0.2) is 14.6 Å². The van der Waals surface area contributed by atoms with Crippen LogP contribution < -0.4 is 0 Å². The van der Waals surface area contributed by atoms with Crippen molar-refractivity contribution in [1.82, 2.24) is 4.98 Å². The molecule has 0 fully saturated rings. The van der Waals surface area contributed by atoms with E-state index in [4.69, 9.17) is 10.2 Å². The number of carboxylic acid groups (broad SMARTS) is 2. The molecule has 0 aliphatic heterocycles. The molecule has 1 heterocycles. The molecule has 78 valence electrons. The summed E-state index contributed by atoms with van der Waals surface area (Å²) in [6, 6.07) is 1.43. The van der Waals surface area contributed by atoms with Crippen molar-refractivity contribution in [2.24, 2.45) is 0 Å². The van der Waals surface area contributed by atoms with Crippen molar-refractivity contribution in [3.63, 3.8) is 0 Å². The molecule has 5 heteroatoms. The quantitative estimate of drug-likeness (QED) is 0.754. The maximum Gasteiger partial charge on any atom is 0.355 e. The summed E-state index contributed by atoms with van der Waals surface area (Å²) in [5, 5.41) is 17.7. The molecule has 1 aliphatic carbocycles. The van der Waals surface area contributed by atoms with Gasteiger partial charge in [0, 0.05) is 5.69 Å². The Hall–Kier alpha value is -1.91. The van der Waals surface area contributed by atoms with Gasteiger partial charge in [0.25, 0.3) is 0 Å². The van der Waals surface area contributed by atoms with Crippen LogP contribution in [0, 0.1) is 0 Å². The van der Waals surface area contributed by atoms with E-state index in [1.165, 1.54) is 6.07 Å². The number of fused-ring (bicyclic) bond motifs is 1. The average molecular weight is 207 g/mol. The summed E-state index contributed by atoms with van der Waals surface area (Å²) in [6.45, 7) is 0. The fraction of sp³-hybridized carbons (Fsp3) is 0.300. The zero-order valence-corrected chi connectivity index (χ0v) is 7.86. The fourth-order valence-electron chi connectivity index (χ4n) is 1.80. The third-order valence-electron chi connectivity index (χ3n) is 2.48. The Bertz CT molecular complexity index is 412. The molecule has 0 saturated carbocycles. The molecule has 1 aromatic rings. The summed E-state index contributed by atoms with van der Waals surface area (Å²) in [4.78, 5) is 25.5. The third kappa shape index (κ3) is 1.56. The van der Waals surface area contributed by atoms with Crippen LogP contribution in [0.5, 0.6) is 0 Å². The number of nitrogens with zero attached hydrogens (tertiary/aromatic N) is 1. The maximum absolute atomic E-state index is 10.8. The first kappa shape index (κ1) is 9.64. The summed E-state index contributed by atoms with van der Waals surface area (Å²) >= 11 is 0. The number of pyridine rings is 1. The molecule has 1 aliphatic rings. The van der Waals surface area contributed by atoms with Crippen LogP contribution in [0.3, 0.4) is 0 Å². The van der Waals surface area contributed by atoms with Crippen LogP contribution in [-0.2, 0) is 12.8 Å². The van der Waals surface area contributed by atoms with E-state index >= 15 is 0 Å². The average Bonchev–Trinajstić information content (AvgIpc) is 2.61. The van der Waals surface area contributed by atoms with Crippen LogP contribution in [0.1, 0.15) is 38.5 Å². The smallest absolute Gasteiger partial charge is 0.355 e. The molecular weight excluding hydrogens is 198 g/mol. The summed E-state index contributed by atoms with van der Waals surface area (Å²) < 4.78 is 0. The molecule has 0 spiro atoms. The van der Waals surface area contributed by atoms with E-state index in [0.717, 1.165) is 30.5 Å². The van der Waals surface area contributed by atoms with Gasteiger partial charge in [0.2, 0.25) is 0 Å². The molecule has 0 atom stereocenters. The van der Waals surface area contributed by atoms with Crippen molar-refractivity contribution < 1.29 is 19.8 Å². The van der Waals surface area contributed by atoms with Crippen LogP contribution >= 0.6 is 0 Å². The van der Waals surface area contributed by atoms with Gasteiger partial charge < -0.3 is 10.2 Å². The van der Waals surface area contributed by atoms with Gasteiger partial charge in [-0.2, -0.15) is 0 Å². The number of rotatable bonds is 2. The Kier molecular flexibility index (Phi) is 2.15. The molecule has 0 bridgehead atoms. The summed E-state index contributed by atoms with van der Waals surface area (Å²) in [6.07, 6.45) is 2.42. The van der Waals surface area contributed by atoms with E-state index in [0.29, 0.717) is 0 Å². The molecule has 15 heavy (non-hydrogen) atoms. The molecule has 0 unspecified atom stereocenters. The highest BCUT2D eigenvalue weighted by Gasteiger charge is 2.23. The minimum absolute atomic E-state index is 0.219. The number of hydrogen-bond donors (Lipinski definition) is 2. The second-order valence-electron chi connectivity index (χ2n) is 3.45. The largest absolute Gasteiger partial charge is 0.478 e. The van der Waals surface area contributed by atoms with E-state index in [1.807, 2.05) is 0 Å². The first-order valence-corrected chi connectivity index (χ1v) is 4.59. The van der Waals surface area contributed by atoms with Crippen molar-refractivity contribution >= 4 is 11.9 Å².